The Hall–Kier alpha value is -0.780. The third-order valence-electron chi connectivity index (χ3n) is 3.64. The fraction of sp³-hybridized carbons (Fsp3) is 0.571. The zero-order valence-corrected chi connectivity index (χ0v) is 13.6. The van der Waals surface area contributed by atoms with Crippen LogP contribution in [0.25, 0.3) is 0 Å². The normalized spacial score (nSPS) is 19.2. The smallest absolute Gasteiger partial charge is 0.246 e. The third-order valence-corrected chi connectivity index (χ3v) is 5.84. The molecule has 0 aromatic heterocycles. The Bertz CT molecular complexity index is 598. The lowest BCUT2D eigenvalue weighted by molar-refractivity contribution is 0.371. The minimum Gasteiger partial charge on any atom is -0.495 e. The van der Waals surface area contributed by atoms with E-state index in [-0.39, 0.29) is 10.3 Å². The highest BCUT2D eigenvalue weighted by Gasteiger charge is 2.38. The van der Waals surface area contributed by atoms with Crippen molar-refractivity contribution in [1.82, 2.24) is 4.31 Å². The van der Waals surface area contributed by atoms with E-state index in [4.69, 9.17) is 16.3 Å². The highest BCUT2D eigenvalue weighted by Crippen LogP contribution is 2.35. The zero-order valence-electron chi connectivity index (χ0n) is 12.0. The van der Waals surface area contributed by atoms with Crippen molar-refractivity contribution >= 4 is 21.6 Å². The van der Waals surface area contributed by atoms with E-state index < -0.39 is 10.0 Å². The minimum atomic E-state index is -3.51. The molecule has 0 bridgehead atoms. The molecule has 20 heavy (non-hydrogen) atoms. The van der Waals surface area contributed by atoms with Crippen molar-refractivity contribution in [1.29, 1.82) is 0 Å². The van der Waals surface area contributed by atoms with Crippen molar-refractivity contribution in [2.24, 2.45) is 5.41 Å². The highest BCUT2D eigenvalue weighted by atomic mass is 35.5. The summed E-state index contributed by atoms with van der Waals surface area (Å²) in [6.07, 6.45) is 0.869. The molecule has 0 saturated carbocycles. The summed E-state index contributed by atoms with van der Waals surface area (Å²) in [4.78, 5) is 0.214. The van der Waals surface area contributed by atoms with Gasteiger partial charge in [0.05, 0.1) is 7.11 Å². The first kappa shape index (κ1) is 15.6. The Morgan fingerprint density at radius 1 is 1.40 bits per heavy atom. The highest BCUT2D eigenvalue weighted by molar-refractivity contribution is 7.89. The lowest BCUT2D eigenvalue weighted by atomic mass is 9.93. The summed E-state index contributed by atoms with van der Waals surface area (Å²) in [6, 6.07) is 4.99. The maximum absolute atomic E-state index is 12.7. The molecule has 0 N–H and O–H groups in total. The lowest BCUT2D eigenvalue weighted by Gasteiger charge is -2.21. The van der Waals surface area contributed by atoms with Gasteiger partial charge in [0.15, 0.2) is 0 Å². The Morgan fingerprint density at radius 2 is 2.10 bits per heavy atom. The van der Waals surface area contributed by atoms with Gasteiger partial charge in [0, 0.05) is 19.0 Å². The number of methoxy groups -OCH3 is 1. The van der Waals surface area contributed by atoms with Crippen molar-refractivity contribution in [3.8, 4) is 5.75 Å². The van der Waals surface area contributed by atoms with Crippen molar-refractivity contribution in [2.75, 3.05) is 20.2 Å². The van der Waals surface area contributed by atoms with Crippen molar-refractivity contribution in [3.05, 3.63) is 23.8 Å². The van der Waals surface area contributed by atoms with Crippen LogP contribution in [0.1, 0.15) is 25.8 Å². The second-order valence-corrected chi connectivity index (χ2v) is 8.05. The van der Waals surface area contributed by atoms with Crippen LogP contribution in [-0.2, 0) is 15.9 Å². The first-order valence-corrected chi connectivity index (χ1v) is 8.51. The van der Waals surface area contributed by atoms with Crippen LogP contribution in [0.3, 0.4) is 0 Å². The van der Waals surface area contributed by atoms with E-state index in [0.29, 0.717) is 24.7 Å². The van der Waals surface area contributed by atoms with Crippen molar-refractivity contribution in [3.63, 3.8) is 0 Å². The molecule has 4 nitrogen and oxygen atoms in total. The predicted octanol–water partition coefficient (Wildman–Crippen LogP) is 2.85. The van der Waals surface area contributed by atoms with Gasteiger partial charge in [-0.1, -0.05) is 19.9 Å². The number of ether oxygens (including phenoxy) is 1. The van der Waals surface area contributed by atoms with E-state index in [2.05, 4.69) is 13.8 Å². The summed E-state index contributed by atoms with van der Waals surface area (Å²) in [6.45, 7) is 5.25. The fourth-order valence-corrected chi connectivity index (χ4v) is 4.35. The van der Waals surface area contributed by atoms with Crippen LogP contribution in [0.15, 0.2) is 23.1 Å². The molecule has 1 aromatic carbocycles. The van der Waals surface area contributed by atoms with Crippen LogP contribution in [0.2, 0.25) is 0 Å². The summed E-state index contributed by atoms with van der Waals surface area (Å²) >= 11 is 5.77. The van der Waals surface area contributed by atoms with Crippen LogP contribution in [0.4, 0.5) is 0 Å². The number of benzene rings is 1. The third kappa shape index (κ3) is 2.95. The molecule has 1 aliphatic heterocycles. The lowest BCUT2D eigenvalue weighted by Crippen LogP contribution is -2.30. The SMILES string of the molecule is COc1cc(CCl)ccc1S(=O)(=O)N1CCC(C)(C)C1. The standard InChI is InChI=1S/C14H20ClNO3S/c1-14(2)6-7-16(10-14)20(17,18)13-5-4-11(9-15)8-12(13)19-3/h4-5,8H,6-7,9-10H2,1-3H3. The van der Waals surface area contributed by atoms with E-state index in [1.165, 1.54) is 11.4 Å². The van der Waals surface area contributed by atoms with Gasteiger partial charge in [-0.25, -0.2) is 8.42 Å². The topological polar surface area (TPSA) is 46.6 Å². The molecule has 0 amide bonds. The molecule has 0 atom stereocenters. The van der Waals surface area contributed by atoms with Gasteiger partial charge < -0.3 is 4.74 Å². The average Bonchev–Trinajstić information content (AvgIpc) is 2.79. The summed E-state index contributed by atoms with van der Waals surface area (Å²) in [5, 5.41) is 0. The minimum absolute atomic E-state index is 0.0242. The van der Waals surface area contributed by atoms with Crippen LogP contribution >= 0.6 is 11.6 Å². The van der Waals surface area contributed by atoms with Gasteiger partial charge in [-0.15, -0.1) is 11.6 Å². The molecule has 1 aromatic rings. The zero-order chi connectivity index (χ0) is 15.0. The summed E-state index contributed by atoms with van der Waals surface area (Å²) < 4.78 is 32.2. The van der Waals surface area contributed by atoms with Crippen molar-refractivity contribution < 1.29 is 13.2 Å². The van der Waals surface area contributed by atoms with Gasteiger partial charge in [0.2, 0.25) is 10.0 Å². The first-order chi connectivity index (χ1) is 9.30. The number of hydrogen-bond donors (Lipinski definition) is 0. The Labute approximate surface area is 125 Å². The molecule has 0 unspecified atom stereocenters. The van der Waals surface area contributed by atoms with Crippen LogP contribution in [0, 0.1) is 5.41 Å². The number of rotatable bonds is 4. The van der Waals surface area contributed by atoms with Crippen molar-refractivity contribution in [2.45, 2.75) is 31.0 Å². The second kappa shape index (κ2) is 5.54. The molecule has 2 rings (SSSR count). The summed E-state index contributed by atoms with van der Waals surface area (Å²) in [5.41, 5.74) is 0.861. The molecule has 0 spiro atoms. The molecule has 0 aliphatic carbocycles. The van der Waals surface area contributed by atoms with Gasteiger partial charge in [0.25, 0.3) is 0 Å². The molecule has 1 fully saturated rings. The molecule has 6 heteroatoms. The van der Waals surface area contributed by atoms with Crippen LogP contribution in [-0.4, -0.2) is 32.9 Å². The Morgan fingerprint density at radius 3 is 2.60 bits per heavy atom. The van der Waals surface area contributed by atoms with Gasteiger partial charge in [-0.05, 0) is 29.5 Å². The van der Waals surface area contributed by atoms with Gasteiger partial charge in [-0.2, -0.15) is 4.31 Å². The fourth-order valence-electron chi connectivity index (χ4n) is 2.42. The maximum Gasteiger partial charge on any atom is 0.246 e. The van der Waals surface area contributed by atoms with E-state index >= 15 is 0 Å². The number of hydrogen-bond acceptors (Lipinski definition) is 3. The summed E-state index contributed by atoms with van der Waals surface area (Å²) in [7, 11) is -2.04. The number of sulfonamides is 1. The molecule has 1 heterocycles. The maximum atomic E-state index is 12.7. The molecule has 0 radical (unpaired) electrons. The van der Waals surface area contributed by atoms with Crippen LogP contribution < -0.4 is 4.74 Å². The van der Waals surface area contributed by atoms with E-state index in [1.54, 1.807) is 18.2 Å². The largest absolute Gasteiger partial charge is 0.495 e. The Balaban J connectivity index is 2.40. The number of alkyl halides is 1. The summed E-state index contributed by atoms with van der Waals surface area (Å²) in [5.74, 6) is 0.681. The van der Waals surface area contributed by atoms with E-state index in [0.717, 1.165) is 12.0 Å². The first-order valence-electron chi connectivity index (χ1n) is 6.53. The molecular formula is C14H20ClNO3S. The predicted molar refractivity (Wildman–Crippen MR) is 79.7 cm³/mol. The monoisotopic (exact) mass is 317 g/mol. The van der Waals surface area contributed by atoms with Gasteiger partial charge in [-0.3, -0.25) is 0 Å². The van der Waals surface area contributed by atoms with Gasteiger partial charge in [0.1, 0.15) is 10.6 Å². The van der Waals surface area contributed by atoms with Crippen LogP contribution in [0.5, 0.6) is 5.75 Å². The molecule has 112 valence electrons. The van der Waals surface area contributed by atoms with E-state index in [1.807, 2.05) is 0 Å². The Kier molecular flexibility index (Phi) is 4.33. The molecule has 1 saturated heterocycles. The average molecular weight is 318 g/mol. The second-order valence-electron chi connectivity index (χ2n) is 5.87. The quantitative estimate of drug-likeness (QED) is 0.802. The number of halogens is 1. The molecule has 1 aliphatic rings. The number of nitrogens with zero attached hydrogens (tertiary/aromatic N) is 1. The van der Waals surface area contributed by atoms with Gasteiger partial charge >= 0.3 is 0 Å². The molecular weight excluding hydrogens is 298 g/mol. The van der Waals surface area contributed by atoms with E-state index in [9.17, 15) is 8.42 Å².